The van der Waals surface area contributed by atoms with Crippen molar-refractivity contribution in [2.24, 2.45) is 0 Å². The number of benzene rings is 2. The third-order valence-corrected chi connectivity index (χ3v) is 5.41. The summed E-state index contributed by atoms with van der Waals surface area (Å²) in [7, 11) is 0. The van der Waals surface area contributed by atoms with Gasteiger partial charge in [0.05, 0.1) is 10.9 Å². The molecular weight excluding hydrogens is 358 g/mol. The number of nitrogens with zero attached hydrogens (tertiary/aromatic N) is 4. The van der Waals surface area contributed by atoms with Crippen molar-refractivity contribution >= 4 is 17.7 Å². The number of carbonyl (C=O) groups is 1. The maximum Gasteiger partial charge on any atom is 0.233 e. The van der Waals surface area contributed by atoms with Crippen LogP contribution in [0.5, 0.6) is 0 Å². The topological polar surface area (TPSA) is 72.7 Å². The van der Waals surface area contributed by atoms with Crippen LogP contribution in [-0.4, -0.2) is 37.9 Å². The Bertz CT molecular complexity index is 853. The van der Waals surface area contributed by atoms with Crippen molar-refractivity contribution in [3.05, 3.63) is 66.2 Å². The number of amides is 1. The number of tetrazole rings is 1. The molecule has 0 aliphatic heterocycles. The van der Waals surface area contributed by atoms with Gasteiger partial charge in [-0.3, -0.25) is 4.79 Å². The molecule has 0 saturated carbocycles. The molecule has 7 heteroatoms. The van der Waals surface area contributed by atoms with E-state index in [-0.39, 0.29) is 11.2 Å². The third kappa shape index (κ3) is 4.95. The predicted octanol–water partition coefficient (Wildman–Crippen LogP) is 3.45. The zero-order valence-electron chi connectivity index (χ0n) is 15.4. The first-order valence-electron chi connectivity index (χ1n) is 9.02. The minimum atomic E-state index is -0.299. The molecule has 0 fully saturated rings. The van der Waals surface area contributed by atoms with E-state index < -0.39 is 0 Å². The number of carbonyl (C=O) groups excluding carboxylic acids is 1. The van der Waals surface area contributed by atoms with Crippen molar-refractivity contribution in [3.63, 3.8) is 0 Å². The van der Waals surface area contributed by atoms with Gasteiger partial charge in [-0.05, 0) is 41.5 Å². The first-order valence-corrected chi connectivity index (χ1v) is 9.90. The fourth-order valence-electron chi connectivity index (χ4n) is 2.79. The van der Waals surface area contributed by atoms with Crippen LogP contribution in [0.1, 0.15) is 31.7 Å². The molecule has 0 spiro atoms. The maximum atomic E-state index is 12.6. The van der Waals surface area contributed by atoms with Crippen molar-refractivity contribution in [2.45, 2.75) is 36.6 Å². The number of rotatable bonds is 8. The Morgan fingerprint density at radius 3 is 2.44 bits per heavy atom. The Balaban J connectivity index is 1.59. The van der Waals surface area contributed by atoms with Crippen molar-refractivity contribution in [1.82, 2.24) is 25.5 Å². The summed E-state index contributed by atoms with van der Waals surface area (Å²) in [5.41, 5.74) is 2.11. The molecule has 3 aromatic rings. The van der Waals surface area contributed by atoms with Gasteiger partial charge >= 0.3 is 0 Å². The second-order valence-corrected chi connectivity index (χ2v) is 7.54. The van der Waals surface area contributed by atoms with Crippen molar-refractivity contribution in [1.29, 1.82) is 0 Å². The Labute approximate surface area is 163 Å². The number of hydrogen-bond acceptors (Lipinski definition) is 5. The first kappa shape index (κ1) is 19.1. The Hall–Kier alpha value is -2.67. The zero-order chi connectivity index (χ0) is 19.1. The van der Waals surface area contributed by atoms with Crippen LogP contribution < -0.4 is 5.32 Å². The van der Waals surface area contributed by atoms with Gasteiger partial charge in [0, 0.05) is 12.5 Å². The minimum absolute atomic E-state index is 0.0167. The van der Waals surface area contributed by atoms with Gasteiger partial charge < -0.3 is 5.32 Å². The molecule has 0 bridgehead atoms. The van der Waals surface area contributed by atoms with Crippen LogP contribution in [0.3, 0.4) is 0 Å². The Morgan fingerprint density at radius 2 is 1.78 bits per heavy atom. The highest BCUT2D eigenvalue weighted by molar-refractivity contribution is 8.00. The van der Waals surface area contributed by atoms with E-state index in [1.165, 1.54) is 17.3 Å². The molecule has 1 N–H and O–H groups in total. The zero-order valence-corrected chi connectivity index (χ0v) is 16.3. The molecule has 27 heavy (non-hydrogen) atoms. The van der Waals surface area contributed by atoms with Crippen molar-refractivity contribution < 1.29 is 4.79 Å². The minimum Gasteiger partial charge on any atom is -0.355 e. The number of para-hydroxylation sites is 1. The maximum absolute atomic E-state index is 12.6. The standard InChI is InChI=1S/C20H23N5OS/c1-3-16(17-10-6-4-7-11-17)14-21-19(26)15(2)27-20-22-23-24-25(20)18-12-8-5-9-13-18/h4-13,15-16H,3,14H2,1-2H3,(H,21,26)/t15-,16-/m1/s1. The summed E-state index contributed by atoms with van der Waals surface area (Å²) >= 11 is 1.35. The summed E-state index contributed by atoms with van der Waals surface area (Å²) < 4.78 is 1.65. The van der Waals surface area contributed by atoms with E-state index in [9.17, 15) is 4.79 Å². The molecular formula is C20H23N5OS. The highest BCUT2D eigenvalue weighted by Crippen LogP contribution is 2.23. The molecule has 0 radical (unpaired) electrons. The van der Waals surface area contributed by atoms with Crippen LogP contribution in [0.25, 0.3) is 5.69 Å². The average Bonchev–Trinajstić information content (AvgIpc) is 3.18. The van der Waals surface area contributed by atoms with E-state index in [2.05, 4.69) is 39.9 Å². The number of hydrogen-bond donors (Lipinski definition) is 1. The fraction of sp³-hybridized carbons (Fsp3) is 0.300. The molecule has 1 aromatic heterocycles. The highest BCUT2D eigenvalue weighted by atomic mass is 32.2. The van der Waals surface area contributed by atoms with E-state index in [1.54, 1.807) is 4.68 Å². The molecule has 0 unspecified atom stereocenters. The van der Waals surface area contributed by atoms with Crippen LogP contribution in [0.15, 0.2) is 65.8 Å². The van der Waals surface area contributed by atoms with Crippen LogP contribution in [0.2, 0.25) is 0 Å². The molecule has 1 amide bonds. The van der Waals surface area contributed by atoms with Gasteiger partial charge in [-0.1, -0.05) is 67.2 Å². The monoisotopic (exact) mass is 381 g/mol. The lowest BCUT2D eigenvalue weighted by Crippen LogP contribution is -2.34. The molecule has 0 saturated heterocycles. The van der Waals surface area contributed by atoms with E-state index in [0.29, 0.717) is 17.6 Å². The normalized spacial score (nSPS) is 13.1. The van der Waals surface area contributed by atoms with E-state index in [1.807, 2.05) is 55.5 Å². The first-order chi connectivity index (χ1) is 13.2. The number of aromatic nitrogens is 4. The molecule has 0 aliphatic rings. The third-order valence-electron chi connectivity index (χ3n) is 4.38. The Morgan fingerprint density at radius 1 is 1.11 bits per heavy atom. The lowest BCUT2D eigenvalue weighted by atomic mass is 9.96. The van der Waals surface area contributed by atoms with Gasteiger partial charge in [-0.2, -0.15) is 4.68 Å². The van der Waals surface area contributed by atoms with E-state index in [4.69, 9.17) is 0 Å². The quantitative estimate of drug-likeness (QED) is 0.605. The molecule has 140 valence electrons. The van der Waals surface area contributed by atoms with Gasteiger partial charge in [0.25, 0.3) is 0 Å². The summed E-state index contributed by atoms with van der Waals surface area (Å²) in [6.45, 7) is 4.62. The summed E-state index contributed by atoms with van der Waals surface area (Å²) in [5.74, 6) is 0.291. The summed E-state index contributed by atoms with van der Waals surface area (Å²) in [6.07, 6.45) is 0.970. The predicted molar refractivity (Wildman–Crippen MR) is 107 cm³/mol. The van der Waals surface area contributed by atoms with Crippen LogP contribution in [-0.2, 0) is 4.79 Å². The van der Waals surface area contributed by atoms with Crippen LogP contribution in [0.4, 0.5) is 0 Å². The van der Waals surface area contributed by atoms with Gasteiger partial charge in [0.2, 0.25) is 11.1 Å². The molecule has 1 heterocycles. The van der Waals surface area contributed by atoms with E-state index in [0.717, 1.165) is 12.1 Å². The molecule has 0 aliphatic carbocycles. The average molecular weight is 382 g/mol. The smallest absolute Gasteiger partial charge is 0.233 e. The van der Waals surface area contributed by atoms with Crippen molar-refractivity contribution in [2.75, 3.05) is 6.54 Å². The summed E-state index contributed by atoms with van der Waals surface area (Å²) in [4.78, 5) is 12.6. The van der Waals surface area contributed by atoms with Gasteiger partial charge in [-0.15, -0.1) is 5.10 Å². The second-order valence-electron chi connectivity index (χ2n) is 6.23. The lowest BCUT2D eigenvalue weighted by molar-refractivity contribution is -0.120. The largest absolute Gasteiger partial charge is 0.355 e. The second kappa shape index (κ2) is 9.32. The molecule has 2 atom stereocenters. The molecule has 2 aromatic carbocycles. The van der Waals surface area contributed by atoms with Gasteiger partial charge in [0.1, 0.15) is 0 Å². The van der Waals surface area contributed by atoms with E-state index >= 15 is 0 Å². The Kier molecular flexibility index (Phi) is 6.59. The SMILES string of the molecule is CC[C@H](CNC(=O)[C@@H](C)Sc1nnnn1-c1ccccc1)c1ccccc1. The lowest BCUT2D eigenvalue weighted by Gasteiger charge is -2.18. The summed E-state index contributed by atoms with van der Waals surface area (Å²) in [6, 6.07) is 19.9. The van der Waals surface area contributed by atoms with Crippen LogP contribution >= 0.6 is 11.8 Å². The number of nitrogens with one attached hydrogen (secondary N) is 1. The van der Waals surface area contributed by atoms with Gasteiger partial charge in [0.15, 0.2) is 0 Å². The molecule has 3 rings (SSSR count). The molecule has 6 nitrogen and oxygen atoms in total. The summed E-state index contributed by atoms with van der Waals surface area (Å²) in [5, 5.41) is 15.2. The highest BCUT2D eigenvalue weighted by Gasteiger charge is 2.20. The fourth-order valence-corrected chi connectivity index (χ4v) is 3.62. The van der Waals surface area contributed by atoms with Crippen LogP contribution in [0, 0.1) is 0 Å². The van der Waals surface area contributed by atoms with Crippen molar-refractivity contribution in [3.8, 4) is 5.69 Å². The number of thioether (sulfide) groups is 1. The van der Waals surface area contributed by atoms with Gasteiger partial charge in [-0.25, -0.2) is 0 Å².